The second kappa shape index (κ2) is 4.45. The van der Waals surface area contributed by atoms with E-state index < -0.39 is 4.92 Å². The number of hydrogen-bond acceptors (Lipinski definition) is 4. The Morgan fingerprint density at radius 2 is 2.27 bits per heavy atom. The third kappa shape index (κ3) is 2.81. The van der Waals surface area contributed by atoms with Crippen LogP contribution in [0.3, 0.4) is 0 Å². The van der Waals surface area contributed by atoms with Gasteiger partial charge in [0.25, 0.3) is 5.70 Å². The Bertz CT molecular complexity index is 208. The highest BCUT2D eigenvalue weighted by Gasteiger charge is 2.09. The molecule has 62 valence electrons. The summed E-state index contributed by atoms with van der Waals surface area (Å²) in [5.41, 5.74) is 10.3. The molecule has 0 aliphatic heterocycles. The maximum Gasteiger partial charge on any atom is 0.288 e. The highest BCUT2D eigenvalue weighted by molar-refractivity contribution is 5.17. The molecule has 0 unspecified atom stereocenters. The summed E-state index contributed by atoms with van der Waals surface area (Å²) in [7, 11) is 0. The summed E-state index contributed by atoms with van der Waals surface area (Å²) >= 11 is 0. The van der Waals surface area contributed by atoms with Crippen LogP contribution in [0.2, 0.25) is 0 Å². The van der Waals surface area contributed by atoms with Gasteiger partial charge >= 0.3 is 0 Å². The topological polar surface area (TPSA) is 95.2 Å². The molecule has 5 nitrogen and oxygen atoms in total. The van der Waals surface area contributed by atoms with Crippen LogP contribution in [0.25, 0.3) is 0 Å². The summed E-state index contributed by atoms with van der Waals surface area (Å²) in [4.78, 5) is 9.70. The zero-order valence-corrected chi connectivity index (χ0v) is 6.28. The summed E-state index contributed by atoms with van der Waals surface area (Å²) < 4.78 is 0. The van der Waals surface area contributed by atoms with E-state index in [1.54, 1.807) is 13.0 Å². The molecule has 0 heterocycles. The molecule has 0 aromatic heterocycles. The summed E-state index contributed by atoms with van der Waals surface area (Å²) in [6.07, 6.45) is 2.86. The van der Waals surface area contributed by atoms with E-state index in [-0.39, 0.29) is 17.9 Å². The average molecular weight is 157 g/mol. The Kier molecular flexibility index (Phi) is 3.90. The molecule has 0 amide bonds. The van der Waals surface area contributed by atoms with Crippen LogP contribution in [0.4, 0.5) is 0 Å². The molecule has 5 heteroatoms. The van der Waals surface area contributed by atoms with Gasteiger partial charge in [-0.3, -0.25) is 10.1 Å². The molecular formula is C6H11N3O2. The van der Waals surface area contributed by atoms with E-state index in [0.29, 0.717) is 0 Å². The van der Waals surface area contributed by atoms with Gasteiger partial charge in [0.1, 0.15) is 5.70 Å². The SMILES string of the molecule is C/C=C\C(=C(\N)CN)[N+](=O)[O-]. The molecule has 4 N–H and O–H groups in total. The molecule has 0 saturated carbocycles. The van der Waals surface area contributed by atoms with Gasteiger partial charge in [-0.25, -0.2) is 0 Å². The van der Waals surface area contributed by atoms with Crippen molar-refractivity contribution < 1.29 is 4.92 Å². The van der Waals surface area contributed by atoms with Crippen molar-refractivity contribution in [2.75, 3.05) is 6.54 Å². The lowest BCUT2D eigenvalue weighted by Crippen LogP contribution is -2.16. The summed E-state index contributed by atoms with van der Waals surface area (Å²) in [5, 5.41) is 10.3. The zero-order valence-electron chi connectivity index (χ0n) is 6.28. The molecule has 0 atom stereocenters. The molecule has 0 radical (unpaired) electrons. The van der Waals surface area contributed by atoms with Crippen LogP contribution >= 0.6 is 0 Å². The van der Waals surface area contributed by atoms with Crippen molar-refractivity contribution >= 4 is 0 Å². The van der Waals surface area contributed by atoms with Crippen LogP contribution < -0.4 is 11.5 Å². The first-order chi connectivity index (χ1) is 5.13. The zero-order chi connectivity index (χ0) is 8.85. The first-order valence-electron chi connectivity index (χ1n) is 3.09. The van der Waals surface area contributed by atoms with E-state index >= 15 is 0 Å². The van der Waals surface area contributed by atoms with Crippen LogP contribution in [0.15, 0.2) is 23.5 Å². The number of allylic oxidation sites excluding steroid dienone is 2. The Balaban J connectivity index is 4.72. The van der Waals surface area contributed by atoms with E-state index in [0.717, 1.165) is 0 Å². The molecular weight excluding hydrogens is 146 g/mol. The van der Waals surface area contributed by atoms with Gasteiger partial charge in [-0.15, -0.1) is 0 Å². The number of hydrogen-bond donors (Lipinski definition) is 2. The highest BCUT2D eigenvalue weighted by Crippen LogP contribution is 2.00. The summed E-state index contributed by atoms with van der Waals surface area (Å²) in [6.45, 7) is 1.67. The van der Waals surface area contributed by atoms with Crippen molar-refractivity contribution in [1.82, 2.24) is 0 Å². The molecule has 0 bridgehead atoms. The van der Waals surface area contributed by atoms with E-state index in [9.17, 15) is 10.1 Å². The van der Waals surface area contributed by atoms with Crippen LogP contribution in [-0.4, -0.2) is 11.5 Å². The normalized spacial score (nSPS) is 13.3. The van der Waals surface area contributed by atoms with Crippen LogP contribution in [0.5, 0.6) is 0 Å². The van der Waals surface area contributed by atoms with Crippen LogP contribution in [0, 0.1) is 10.1 Å². The first-order valence-corrected chi connectivity index (χ1v) is 3.09. The van der Waals surface area contributed by atoms with Gasteiger partial charge in [0.2, 0.25) is 0 Å². The predicted molar refractivity (Wildman–Crippen MR) is 42.1 cm³/mol. The van der Waals surface area contributed by atoms with Crippen molar-refractivity contribution in [3.63, 3.8) is 0 Å². The molecule has 11 heavy (non-hydrogen) atoms. The molecule has 0 spiro atoms. The van der Waals surface area contributed by atoms with Gasteiger partial charge < -0.3 is 11.5 Å². The third-order valence-electron chi connectivity index (χ3n) is 1.07. The van der Waals surface area contributed by atoms with Crippen LogP contribution in [-0.2, 0) is 0 Å². The molecule has 0 aromatic rings. The largest absolute Gasteiger partial charge is 0.395 e. The van der Waals surface area contributed by atoms with E-state index in [4.69, 9.17) is 11.5 Å². The Morgan fingerprint density at radius 1 is 1.73 bits per heavy atom. The minimum Gasteiger partial charge on any atom is -0.395 e. The van der Waals surface area contributed by atoms with Gasteiger partial charge in [0.05, 0.1) is 4.92 Å². The summed E-state index contributed by atoms with van der Waals surface area (Å²) in [5.74, 6) is 0. The van der Waals surface area contributed by atoms with E-state index in [1.807, 2.05) is 0 Å². The third-order valence-corrected chi connectivity index (χ3v) is 1.07. The molecule has 0 saturated heterocycles. The van der Waals surface area contributed by atoms with Crippen molar-refractivity contribution in [3.8, 4) is 0 Å². The molecule has 0 aromatic carbocycles. The lowest BCUT2D eigenvalue weighted by molar-refractivity contribution is -0.420. The highest BCUT2D eigenvalue weighted by atomic mass is 16.6. The molecule has 0 rings (SSSR count). The maximum absolute atomic E-state index is 10.3. The van der Waals surface area contributed by atoms with Gasteiger partial charge in [-0.05, 0) is 6.92 Å². The fraction of sp³-hybridized carbons (Fsp3) is 0.333. The van der Waals surface area contributed by atoms with E-state index in [2.05, 4.69) is 0 Å². The van der Waals surface area contributed by atoms with Gasteiger partial charge in [-0.1, -0.05) is 6.08 Å². The average Bonchev–Trinajstić information content (AvgIpc) is 1.98. The van der Waals surface area contributed by atoms with Crippen LogP contribution in [0.1, 0.15) is 6.92 Å². The predicted octanol–water partition coefficient (Wildman–Crippen LogP) is -0.0318. The standard InChI is InChI=1S/C6H11N3O2/c1-2-3-6(9(10)11)5(8)4-7/h2-3H,4,7-8H2,1H3/b3-2-,6-5-. The maximum atomic E-state index is 10.3. The van der Waals surface area contributed by atoms with Gasteiger partial charge in [0, 0.05) is 12.6 Å². The quantitative estimate of drug-likeness (QED) is 0.341. The lowest BCUT2D eigenvalue weighted by atomic mass is 10.3. The Hall–Kier alpha value is -1.36. The Labute approximate surface area is 64.5 Å². The fourth-order valence-electron chi connectivity index (χ4n) is 0.548. The Morgan fingerprint density at radius 3 is 2.55 bits per heavy atom. The summed E-state index contributed by atoms with van der Waals surface area (Å²) in [6, 6.07) is 0. The number of rotatable bonds is 3. The van der Waals surface area contributed by atoms with Gasteiger partial charge in [-0.2, -0.15) is 0 Å². The van der Waals surface area contributed by atoms with Crippen molar-refractivity contribution in [2.45, 2.75) is 6.92 Å². The van der Waals surface area contributed by atoms with Gasteiger partial charge in [0.15, 0.2) is 0 Å². The second-order valence-electron chi connectivity index (χ2n) is 1.87. The minimum absolute atomic E-state index is 0.000648. The second-order valence-corrected chi connectivity index (χ2v) is 1.87. The van der Waals surface area contributed by atoms with Crippen molar-refractivity contribution in [2.24, 2.45) is 11.5 Å². The van der Waals surface area contributed by atoms with E-state index in [1.165, 1.54) is 6.08 Å². The number of nitrogens with two attached hydrogens (primary N) is 2. The lowest BCUT2D eigenvalue weighted by Gasteiger charge is -1.95. The smallest absolute Gasteiger partial charge is 0.288 e. The molecule has 0 aliphatic rings. The van der Waals surface area contributed by atoms with Crippen molar-refractivity contribution in [3.05, 3.63) is 33.7 Å². The monoisotopic (exact) mass is 157 g/mol. The fourth-order valence-corrected chi connectivity index (χ4v) is 0.548. The van der Waals surface area contributed by atoms with Crippen molar-refractivity contribution in [1.29, 1.82) is 0 Å². The molecule has 0 aliphatic carbocycles. The minimum atomic E-state index is -0.553. The number of nitro groups is 1. The first kappa shape index (κ1) is 9.64. The number of nitrogens with zero attached hydrogens (tertiary/aromatic N) is 1. The molecule has 0 fully saturated rings.